The minimum atomic E-state index is -0.118. The van der Waals surface area contributed by atoms with E-state index in [0.29, 0.717) is 23.7 Å². The summed E-state index contributed by atoms with van der Waals surface area (Å²) >= 11 is 4.80. The van der Waals surface area contributed by atoms with Gasteiger partial charge in [-0.2, -0.15) is 0 Å². The summed E-state index contributed by atoms with van der Waals surface area (Å²) in [7, 11) is 1.70. The standard InChI is InChI=1S/C15H17N3O2S/c1-18(9-7-14(16)21)15(19)10-20-13-6-2-5-12-11(13)4-3-8-17-12/h2-6,8H,7,9-10H2,1H3,(H2,16,21). The largest absolute Gasteiger partial charge is 0.483 e. The number of amides is 1. The van der Waals surface area contributed by atoms with E-state index in [2.05, 4.69) is 4.98 Å². The number of hydrogen-bond donors (Lipinski definition) is 1. The molecule has 1 amide bonds. The molecule has 0 aliphatic rings. The Kier molecular flexibility index (Phi) is 5.05. The maximum Gasteiger partial charge on any atom is 0.260 e. The average Bonchev–Trinajstić information content (AvgIpc) is 2.50. The first-order chi connectivity index (χ1) is 10.1. The highest BCUT2D eigenvalue weighted by Gasteiger charge is 2.11. The van der Waals surface area contributed by atoms with Gasteiger partial charge in [-0.15, -0.1) is 0 Å². The number of ether oxygens (including phenoxy) is 1. The number of carbonyl (C=O) groups is 1. The van der Waals surface area contributed by atoms with E-state index in [4.69, 9.17) is 22.7 Å². The fourth-order valence-electron chi connectivity index (χ4n) is 1.85. The van der Waals surface area contributed by atoms with Crippen molar-refractivity contribution >= 4 is 34.0 Å². The fraction of sp³-hybridized carbons (Fsp3) is 0.267. The van der Waals surface area contributed by atoms with Crippen molar-refractivity contribution in [2.24, 2.45) is 5.73 Å². The van der Waals surface area contributed by atoms with Gasteiger partial charge in [0.2, 0.25) is 0 Å². The van der Waals surface area contributed by atoms with Crippen molar-refractivity contribution in [3.63, 3.8) is 0 Å². The molecule has 2 rings (SSSR count). The van der Waals surface area contributed by atoms with E-state index in [1.807, 2.05) is 30.3 Å². The van der Waals surface area contributed by atoms with Gasteiger partial charge in [-0.3, -0.25) is 9.78 Å². The molecule has 1 aromatic carbocycles. The third-order valence-electron chi connectivity index (χ3n) is 3.08. The van der Waals surface area contributed by atoms with Crippen LogP contribution in [0.15, 0.2) is 36.5 Å². The van der Waals surface area contributed by atoms with Gasteiger partial charge in [-0.1, -0.05) is 18.3 Å². The maximum atomic E-state index is 12.0. The first kappa shape index (κ1) is 15.2. The van der Waals surface area contributed by atoms with Crippen LogP contribution in [0.25, 0.3) is 10.9 Å². The summed E-state index contributed by atoms with van der Waals surface area (Å²) < 4.78 is 5.61. The molecule has 0 aliphatic heterocycles. The summed E-state index contributed by atoms with van der Waals surface area (Å²) in [6.45, 7) is 0.469. The number of aromatic nitrogens is 1. The normalized spacial score (nSPS) is 10.3. The lowest BCUT2D eigenvalue weighted by molar-refractivity contribution is -0.131. The highest BCUT2D eigenvalue weighted by atomic mass is 32.1. The molecule has 0 radical (unpaired) electrons. The van der Waals surface area contributed by atoms with Crippen LogP contribution in [-0.4, -0.2) is 41.0 Å². The van der Waals surface area contributed by atoms with Gasteiger partial charge in [0.15, 0.2) is 6.61 Å². The number of nitrogens with two attached hydrogens (primary N) is 1. The molecule has 2 aromatic rings. The molecule has 0 saturated heterocycles. The predicted molar refractivity (Wildman–Crippen MR) is 86.3 cm³/mol. The summed E-state index contributed by atoms with van der Waals surface area (Å²) in [6, 6.07) is 9.33. The van der Waals surface area contributed by atoms with Gasteiger partial charge < -0.3 is 15.4 Å². The van der Waals surface area contributed by atoms with Gasteiger partial charge in [-0.05, 0) is 24.3 Å². The Morgan fingerprint density at radius 3 is 2.95 bits per heavy atom. The van der Waals surface area contributed by atoms with Gasteiger partial charge in [0.1, 0.15) is 5.75 Å². The molecular weight excluding hydrogens is 286 g/mol. The Morgan fingerprint density at radius 2 is 2.19 bits per heavy atom. The van der Waals surface area contributed by atoms with Gasteiger partial charge in [0.05, 0.1) is 10.5 Å². The van der Waals surface area contributed by atoms with Crippen molar-refractivity contribution in [2.75, 3.05) is 20.2 Å². The number of rotatable bonds is 6. The molecular formula is C15H17N3O2S. The Balaban J connectivity index is 1.98. The van der Waals surface area contributed by atoms with Crippen LogP contribution in [0.2, 0.25) is 0 Å². The molecule has 1 aromatic heterocycles. The SMILES string of the molecule is CN(CCC(N)=S)C(=O)COc1cccc2ncccc12. The second-order valence-electron chi connectivity index (χ2n) is 4.65. The van der Waals surface area contributed by atoms with E-state index in [-0.39, 0.29) is 12.5 Å². The third-order valence-corrected chi connectivity index (χ3v) is 3.28. The summed E-state index contributed by atoms with van der Waals surface area (Å²) in [4.78, 5) is 18.2. The summed E-state index contributed by atoms with van der Waals surface area (Å²) in [6.07, 6.45) is 2.23. The number of nitrogens with zero attached hydrogens (tertiary/aromatic N) is 2. The lowest BCUT2D eigenvalue weighted by Crippen LogP contribution is -2.33. The lowest BCUT2D eigenvalue weighted by Gasteiger charge is -2.17. The van der Waals surface area contributed by atoms with E-state index in [1.165, 1.54) is 0 Å². The van der Waals surface area contributed by atoms with Gasteiger partial charge in [0.25, 0.3) is 5.91 Å². The minimum absolute atomic E-state index is 0.0260. The van der Waals surface area contributed by atoms with Gasteiger partial charge in [-0.25, -0.2) is 0 Å². The minimum Gasteiger partial charge on any atom is -0.483 e. The molecule has 0 saturated carbocycles. The number of benzene rings is 1. The summed E-state index contributed by atoms with van der Waals surface area (Å²) in [5.41, 5.74) is 6.26. The average molecular weight is 303 g/mol. The zero-order chi connectivity index (χ0) is 15.2. The molecule has 1 heterocycles. The predicted octanol–water partition coefficient (Wildman–Crippen LogP) is 1.75. The molecule has 6 heteroatoms. The number of fused-ring (bicyclic) bond motifs is 1. The highest BCUT2D eigenvalue weighted by Crippen LogP contribution is 2.23. The van der Waals surface area contributed by atoms with Crippen LogP contribution >= 0.6 is 12.2 Å². The van der Waals surface area contributed by atoms with E-state index < -0.39 is 0 Å². The molecule has 0 atom stereocenters. The van der Waals surface area contributed by atoms with Crippen LogP contribution in [0.5, 0.6) is 5.75 Å². The number of likely N-dealkylation sites (N-methyl/N-ethyl adjacent to an activating group) is 1. The molecule has 2 N–H and O–H groups in total. The monoisotopic (exact) mass is 303 g/mol. The van der Waals surface area contributed by atoms with Crippen LogP contribution in [0.4, 0.5) is 0 Å². The highest BCUT2D eigenvalue weighted by molar-refractivity contribution is 7.80. The van der Waals surface area contributed by atoms with Crippen molar-refractivity contribution in [1.29, 1.82) is 0 Å². The molecule has 5 nitrogen and oxygen atoms in total. The number of carbonyl (C=O) groups excluding carboxylic acids is 1. The van der Waals surface area contributed by atoms with Crippen molar-refractivity contribution in [3.8, 4) is 5.75 Å². The smallest absolute Gasteiger partial charge is 0.260 e. The number of thiocarbonyl (C=S) groups is 1. The van der Waals surface area contributed by atoms with Crippen molar-refractivity contribution in [3.05, 3.63) is 36.5 Å². The van der Waals surface area contributed by atoms with Crippen LogP contribution < -0.4 is 10.5 Å². The maximum absolute atomic E-state index is 12.0. The lowest BCUT2D eigenvalue weighted by atomic mass is 10.2. The third kappa shape index (κ3) is 4.13. The van der Waals surface area contributed by atoms with E-state index >= 15 is 0 Å². The van der Waals surface area contributed by atoms with Gasteiger partial charge >= 0.3 is 0 Å². The summed E-state index contributed by atoms with van der Waals surface area (Å²) in [5, 5.41) is 0.888. The fourth-order valence-corrected chi connectivity index (χ4v) is 1.94. The van der Waals surface area contributed by atoms with E-state index in [0.717, 1.165) is 10.9 Å². The zero-order valence-electron chi connectivity index (χ0n) is 11.8. The molecule has 0 spiro atoms. The van der Waals surface area contributed by atoms with Crippen LogP contribution in [-0.2, 0) is 4.79 Å². The number of hydrogen-bond acceptors (Lipinski definition) is 4. The van der Waals surface area contributed by atoms with Crippen molar-refractivity contribution in [2.45, 2.75) is 6.42 Å². The summed E-state index contributed by atoms with van der Waals surface area (Å²) in [5.74, 6) is 0.531. The van der Waals surface area contributed by atoms with Crippen LogP contribution in [0.3, 0.4) is 0 Å². The van der Waals surface area contributed by atoms with Gasteiger partial charge in [0, 0.05) is 31.6 Å². The second kappa shape index (κ2) is 6.99. The first-order valence-corrected chi connectivity index (χ1v) is 6.97. The Hall–Kier alpha value is -2.21. The van der Waals surface area contributed by atoms with Crippen molar-refractivity contribution < 1.29 is 9.53 Å². The van der Waals surface area contributed by atoms with Crippen LogP contribution in [0, 0.1) is 0 Å². The molecule has 110 valence electrons. The topological polar surface area (TPSA) is 68.5 Å². The second-order valence-corrected chi connectivity index (χ2v) is 5.17. The van der Waals surface area contributed by atoms with Crippen LogP contribution in [0.1, 0.15) is 6.42 Å². The molecule has 21 heavy (non-hydrogen) atoms. The molecule has 0 aliphatic carbocycles. The van der Waals surface area contributed by atoms with E-state index in [1.54, 1.807) is 18.1 Å². The Morgan fingerprint density at radius 1 is 1.38 bits per heavy atom. The Labute approximate surface area is 128 Å². The quantitative estimate of drug-likeness (QED) is 0.823. The van der Waals surface area contributed by atoms with E-state index in [9.17, 15) is 4.79 Å². The number of pyridine rings is 1. The first-order valence-electron chi connectivity index (χ1n) is 6.57. The van der Waals surface area contributed by atoms with Crippen molar-refractivity contribution in [1.82, 2.24) is 9.88 Å². The molecule has 0 fully saturated rings. The zero-order valence-corrected chi connectivity index (χ0v) is 12.6. The molecule has 0 bridgehead atoms. The Bertz CT molecular complexity index is 655. The molecule has 0 unspecified atom stereocenters.